The van der Waals surface area contributed by atoms with Crippen LogP contribution >= 0.6 is 0 Å². The van der Waals surface area contributed by atoms with Gasteiger partial charge >= 0.3 is 5.97 Å². The Kier molecular flexibility index (Phi) is 10.2. The van der Waals surface area contributed by atoms with E-state index in [-0.39, 0.29) is 18.7 Å². The minimum Gasteiger partial charge on any atom is -0.480 e. The third-order valence-electron chi connectivity index (χ3n) is 6.00. The van der Waals surface area contributed by atoms with Gasteiger partial charge in [0, 0.05) is 13.0 Å². The van der Waals surface area contributed by atoms with E-state index in [0.29, 0.717) is 25.8 Å². The number of nitrogens with two attached hydrogens (primary N) is 2. The fraction of sp³-hybridized carbons (Fsp3) is 0.542. The standard InChI is InChI=1S/C24H35N5O6/c1-14(2)20(24(34)35)28-21(31)17(10-11-19(26)30)27-22(32)18-9-6-12-29(18)23(33)16(25)13-15-7-4-3-5-8-15/h3-5,7-8,14,16-18,20H,6,9-13,25H2,1-2H3,(H2,26,30)(H,27,32)(H,28,31)(H,34,35). The molecule has 1 aliphatic heterocycles. The summed E-state index contributed by atoms with van der Waals surface area (Å²) in [5.74, 6) is -3.96. The van der Waals surface area contributed by atoms with Crippen molar-refractivity contribution in [3.05, 3.63) is 35.9 Å². The summed E-state index contributed by atoms with van der Waals surface area (Å²) >= 11 is 0. The van der Waals surface area contributed by atoms with Gasteiger partial charge in [0.05, 0.1) is 6.04 Å². The maximum absolute atomic E-state index is 13.1. The lowest BCUT2D eigenvalue weighted by molar-refractivity contribution is -0.144. The Hall–Kier alpha value is -3.47. The second-order valence-corrected chi connectivity index (χ2v) is 9.12. The molecule has 11 nitrogen and oxygen atoms in total. The van der Waals surface area contributed by atoms with Gasteiger partial charge in [0.15, 0.2) is 0 Å². The Bertz CT molecular complexity index is 922. The van der Waals surface area contributed by atoms with Crippen molar-refractivity contribution in [2.75, 3.05) is 6.54 Å². The van der Waals surface area contributed by atoms with Crippen LogP contribution in [0.5, 0.6) is 0 Å². The van der Waals surface area contributed by atoms with E-state index < -0.39 is 53.8 Å². The van der Waals surface area contributed by atoms with E-state index in [4.69, 9.17) is 11.5 Å². The van der Waals surface area contributed by atoms with Crippen molar-refractivity contribution in [3.63, 3.8) is 0 Å². The van der Waals surface area contributed by atoms with Crippen molar-refractivity contribution in [1.29, 1.82) is 0 Å². The molecule has 1 aromatic rings. The average molecular weight is 490 g/mol. The summed E-state index contributed by atoms with van der Waals surface area (Å²) in [7, 11) is 0. The highest BCUT2D eigenvalue weighted by atomic mass is 16.4. The van der Waals surface area contributed by atoms with Crippen molar-refractivity contribution in [3.8, 4) is 0 Å². The highest BCUT2D eigenvalue weighted by Gasteiger charge is 2.38. The molecule has 1 fully saturated rings. The molecule has 1 aromatic carbocycles. The van der Waals surface area contributed by atoms with Gasteiger partial charge in [-0.05, 0) is 37.2 Å². The third kappa shape index (κ3) is 8.06. The van der Waals surface area contributed by atoms with Crippen molar-refractivity contribution < 1.29 is 29.1 Å². The average Bonchev–Trinajstić information content (AvgIpc) is 3.29. The van der Waals surface area contributed by atoms with Crippen LogP contribution in [0.4, 0.5) is 0 Å². The Balaban J connectivity index is 2.10. The number of carboxylic acid groups (broad SMARTS) is 1. The van der Waals surface area contributed by atoms with Crippen LogP contribution in [0.2, 0.25) is 0 Å². The maximum Gasteiger partial charge on any atom is 0.326 e. The number of amides is 4. The largest absolute Gasteiger partial charge is 0.480 e. The molecule has 4 unspecified atom stereocenters. The smallest absolute Gasteiger partial charge is 0.326 e. The number of benzene rings is 1. The summed E-state index contributed by atoms with van der Waals surface area (Å²) in [5, 5.41) is 14.4. The number of hydrogen-bond donors (Lipinski definition) is 5. The van der Waals surface area contributed by atoms with Crippen LogP contribution < -0.4 is 22.1 Å². The fourth-order valence-electron chi connectivity index (χ4n) is 4.06. The number of carbonyl (C=O) groups excluding carboxylic acids is 4. The molecule has 1 saturated heterocycles. The van der Waals surface area contributed by atoms with Crippen LogP contribution in [-0.2, 0) is 30.4 Å². The second kappa shape index (κ2) is 12.8. The van der Waals surface area contributed by atoms with Gasteiger partial charge in [0.25, 0.3) is 0 Å². The number of carboxylic acids is 1. The van der Waals surface area contributed by atoms with Crippen molar-refractivity contribution in [1.82, 2.24) is 15.5 Å². The summed E-state index contributed by atoms with van der Waals surface area (Å²) in [6.45, 7) is 3.62. The predicted molar refractivity (Wildman–Crippen MR) is 128 cm³/mol. The molecule has 1 heterocycles. The topological polar surface area (TPSA) is 185 Å². The molecule has 7 N–H and O–H groups in total. The minimum absolute atomic E-state index is 0.106. The first-order valence-corrected chi connectivity index (χ1v) is 11.7. The lowest BCUT2D eigenvalue weighted by Crippen LogP contribution is -2.57. The SMILES string of the molecule is CC(C)C(NC(=O)C(CCC(N)=O)NC(=O)C1CCCN1C(=O)C(N)Cc1ccccc1)C(=O)O. The molecular weight excluding hydrogens is 454 g/mol. The molecule has 0 aliphatic carbocycles. The van der Waals surface area contributed by atoms with Crippen LogP contribution in [0.25, 0.3) is 0 Å². The first-order chi connectivity index (χ1) is 16.5. The van der Waals surface area contributed by atoms with Crippen LogP contribution in [0, 0.1) is 5.92 Å². The maximum atomic E-state index is 13.1. The van der Waals surface area contributed by atoms with Crippen molar-refractivity contribution in [2.24, 2.45) is 17.4 Å². The molecule has 11 heteroatoms. The Morgan fingerprint density at radius 3 is 2.34 bits per heavy atom. The molecular formula is C24H35N5O6. The van der Waals surface area contributed by atoms with Crippen molar-refractivity contribution >= 4 is 29.6 Å². The van der Waals surface area contributed by atoms with Crippen molar-refractivity contribution in [2.45, 2.75) is 70.1 Å². The first kappa shape index (κ1) is 27.8. The molecule has 4 amide bonds. The van der Waals surface area contributed by atoms with Crippen LogP contribution in [0.15, 0.2) is 30.3 Å². The summed E-state index contributed by atoms with van der Waals surface area (Å²) in [5.41, 5.74) is 12.2. The number of nitrogens with one attached hydrogen (secondary N) is 2. The number of likely N-dealkylation sites (tertiary alicyclic amines) is 1. The van der Waals surface area contributed by atoms with Gasteiger partial charge in [0.1, 0.15) is 18.1 Å². The Labute approximate surface area is 204 Å². The van der Waals surface area contributed by atoms with E-state index in [2.05, 4.69) is 10.6 Å². The van der Waals surface area contributed by atoms with Crippen LogP contribution in [0.3, 0.4) is 0 Å². The highest BCUT2D eigenvalue weighted by Crippen LogP contribution is 2.20. The number of aliphatic carboxylic acids is 1. The lowest BCUT2D eigenvalue weighted by atomic mass is 10.0. The number of carbonyl (C=O) groups is 5. The molecule has 0 aromatic heterocycles. The number of rotatable bonds is 12. The van der Waals surface area contributed by atoms with E-state index in [1.54, 1.807) is 13.8 Å². The van der Waals surface area contributed by atoms with Gasteiger partial charge in [-0.15, -0.1) is 0 Å². The van der Waals surface area contributed by atoms with Gasteiger partial charge in [-0.2, -0.15) is 0 Å². The van der Waals surface area contributed by atoms with Crippen LogP contribution in [-0.4, -0.2) is 70.3 Å². The van der Waals surface area contributed by atoms with Gasteiger partial charge in [-0.3, -0.25) is 19.2 Å². The fourth-order valence-corrected chi connectivity index (χ4v) is 4.06. The quantitative estimate of drug-likeness (QED) is 0.262. The predicted octanol–water partition coefficient (Wildman–Crippen LogP) is -0.477. The first-order valence-electron chi connectivity index (χ1n) is 11.7. The van der Waals surface area contributed by atoms with Gasteiger partial charge in [-0.1, -0.05) is 44.2 Å². The van der Waals surface area contributed by atoms with E-state index in [0.717, 1.165) is 5.56 Å². The van der Waals surface area contributed by atoms with Gasteiger partial charge in [-0.25, -0.2) is 4.79 Å². The normalized spacial score (nSPS) is 17.9. The van der Waals surface area contributed by atoms with E-state index in [9.17, 15) is 29.1 Å². The minimum atomic E-state index is -1.21. The molecule has 0 saturated carbocycles. The molecule has 35 heavy (non-hydrogen) atoms. The molecule has 4 atom stereocenters. The Morgan fingerprint density at radius 1 is 1.11 bits per heavy atom. The lowest BCUT2D eigenvalue weighted by Gasteiger charge is -2.29. The zero-order valence-electron chi connectivity index (χ0n) is 20.1. The molecule has 192 valence electrons. The van der Waals surface area contributed by atoms with E-state index >= 15 is 0 Å². The van der Waals surface area contributed by atoms with E-state index in [1.807, 2.05) is 30.3 Å². The second-order valence-electron chi connectivity index (χ2n) is 9.12. The monoisotopic (exact) mass is 489 g/mol. The number of primary amides is 1. The summed E-state index contributed by atoms with van der Waals surface area (Å²) in [4.78, 5) is 63.1. The summed E-state index contributed by atoms with van der Waals surface area (Å²) in [6, 6.07) is 5.28. The summed E-state index contributed by atoms with van der Waals surface area (Å²) < 4.78 is 0. The molecule has 1 aliphatic rings. The van der Waals surface area contributed by atoms with Gasteiger partial charge < -0.3 is 32.1 Å². The highest BCUT2D eigenvalue weighted by molar-refractivity contribution is 5.94. The Morgan fingerprint density at radius 2 is 1.77 bits per heavy atom. The molecule has 0 radical (unpaired) electrons. The molecule has 0 bridgehead atoms. The number of hydrogen-bond acceptors (Lipinski definition) is 6. The third-order valence-corrected chi connectivity index (χ3v) is 6.00. The molecule has 2 rings (SSSR count). The van der Waals surface area contributed by atoms with Crippen LogP contribution in [0.1, 0.15) is 45.1 Å². The van der Waals surface area contributed by atoms with E-state index in [1.165, 1.54) is 4.90 Å². The molecule has 0 spiro atoms. The zero-order valence-corrected chi connectivity index (χ0v) is 20.1. The van der Waals surface area contributed by atoms with Gasteiger partial charge in [0.2, 0.25) is 23.6 Å². The number of nitrogens with zero attached hydrogens (tertiary/aromatic N) is 1. The summed E-state index contributed by atoms with van der Waals surface area (Å²) in [6.07, 6.45) is 1.01. The zero-order chi connectivity index (χ0) is 26.1.